The van der Waals surface area contributed by atoms with Gasteiger partial charge in [-0.15, -0.1) is 0 Å². The van der Waals surface area contributed by atoms with Gasteiger partial charge in [0.15, 0.2) is 0 Å². The van der Waals surface area contributed by atoms with Gasteiger partial charge in [-0.3, -0.25) is 9.69 Å². The smallest absolute Gasteiger partial charge is 0.257 e. The molecule has 3 N–H and O–H groups in total. The molecule has 20 heavy (non-hydrogen) atoms. The van der Waals surface area contributed by atoms with E-state index in [1.807, 2.05) is 0 Å². The topological polar surface area (TPSA) is 69.8 Å². The zero-order valence-corrected chi connectivity index (χ0v) is 13.9. The van der Waals surface area contributed by atoms with Crippen molar-refractivity contribution in [3.05, 3.63) is 27.3 Å². The van der Waals surface area contributed by atoms with Crippen molar-refractivity contribution in [2.75, 3.05) is 32.7 Å². The molecule has 0 saturated carbocycles. The Hall–Kier alpha value is -0.930. The molecule has 0 spiro atoms. The van der Waals surface area contributed by atoms with Crippen LogP contribution >= 0.6 is 34.8 Å². The van der Waals surface area contributed by atoms with Gasteiger partial charge in [-0.25, -0.2) is 0 Å². The van der Waals surface area contributed by atoms with Gasteiger partial charge in [0.1, 0.15) is 5.75 Å². The molecule has 1 fully saturated rings. The van der Waals surface area contributed by atoms with Crippen LogP contribution in [0.5, 0.6) is 5.75 Å². The van der Waals surface area contributed by atoms with E-state index in [1.165, 1.54) is 0 Å². The number of piperazine rings is 1. The predicted octanol–water partition coefficient (Wildman–Crippen LogP) is 1.04. The zero-order chi connectivity index (χ0) is 14.7. The van der Waals surface area contributed by atoms with Gasteiger partial charge in [-0.1, -0.05) is 12.2 Å². The second-order valence-corrected chi connectivity index (χ2v) is 6.47. The van der Waals surface area contributed by atoms with E-state index in [0.717, 1.165) is 16.7 Å². The third kappa shape index (κ3) is 3.80. The van der Waals surface area contributed by atoms with Gasteiger partial charge in [-0.05, 0) is 40.8 Å². The largest absolute Gasteiger partial charge is 0.507 e. The molecule has 1 heterocycles. The summed E-state index contributed by atoms with van der Waals surface area (Å²) in [5.41, 5.74) is 5.88. The third-order valence-electron chi connectivity index (χ3n) is 3.23. The number of thiocarbonyl (C=S) groups is 1. The number of amides is 1. The number of aromatic hydroxyl groups is 1. The highest BCUT2D eigenvalue weighted by molar-refractivity contribution is 14.1. The average Bonchev–Trinajstić information content (AvgIpc) is 2.41. The molecule has 0 bridgehead atoms. The van der Waals surface area contributed by atoms with Crippen LogP contribution in [0, 0.1) is 3.57 Å². The average molecular weight is 405 g/mol. The van der Waals surface area contributed by atoms with Gasteiger partial charge in [0.05, 0.1) is 10.6 Å². The summed E-state index contributed by atoms with van der Waals surface area (Å²) >= 11 is 7.01. The van der Waals surface area contributed by atoms with Crippen molar-refractivity contribution < 1.29 is 9.90 Å². The molecule has 0 radical (unpaired) electrons. The van der Waals surface area contributed by atoms with Gasteiger partial charge in [0.2, 0.25) is 0 Å². The van der Waals surface area contributed by atoms with Crippen LogP contribution in [0.2, 0.25) is 0 Å². The molecule has 7 heteroatoms. The highest BCUT2D eigenvalue weighted by Crippen LogP contribution is 2.22. The maximum Gasteiger partial charge on any atom is 0.257 e. The number of benzene rings is 1. The first kappa shape index (κ1) is 15.5. The molecule has 0 unspecified atom stereocenters. The normalized spacial score (nSPS) is 16.1. The number of phenols is 1. The minimum Gasteiger partial charge on any atom is -0.507 e. The molecular formula is C13H16IN3O2S. The highest BCUT2D eigenvalue weighted by Gasteiger charge is 2.24. The van der Waals surface area contributed by atoms with Crippen LogP contribution in [0.15, 0.2) is 18.2 Å². The van der Waals surface area contributed by atoms with Gasteiger partial charge in [-0.2, -0.15) is 0 Å². The Morgan fingerprint density at radius 3 is 2.60 bits per heavy atom. The Kier molecular flexibility index (Phi) is 5.17. The standard InChI is InChI=1S/C13H16IN3O2S/c14-9-1-2-11(18)10(7-9)13(19)17-5-3-16(4-6-17)8-12(15)20/h1-2,7,18H,3-6,8H2,(H2,15,20). The molecule has 1 aromatic rings. The van der Waals surface area contributed by atoms with Crippen LogP contribution in [0.1, 0.15) is 10.4 Å². The summed E-state index contributed by atoms with van der Waals surface area (Å²) in [7, 11) is 0. The number of carbonyl (C=O) groups is 1. The van der Waals surface area contributed by atoms with Gasteiger partial charge >= 0.3 is 0 Å². The second kappa shape index (κ2) is 6.68. The van der Waals surface area contributed by atoms with E-state index in [2.05, 4.69) is 27.5 Å². The highest BCUT2D eigenvalue weighted by atomic mass is 127. The van der Waals surface area contributed by atoms with E-state index in [4.69, 9.17) is 18.0 Å². The number of rotatable bonds is 3. The quantitative estimate of drug-likeness (QED) is 0.581. The van der Waals surface area contributed by atoms with E-state index in [-0.39, 0.29) is 11.7 Å². The fraction of sp³-hybridized carbons (Fsp3) is 0.385. The maximum atomic E-state index is 12.4. The number of nitrogens with zero attached hydrogens (tertiary/aromatic N) is 2. The lowest BCUT2D eigenvalue weighted by molar-refractivity contribution is 0.0651. The molecule has 5 nitrogen and oxygen atoms in total. The van der Waals surface area contributed by atoms with E-state index in [0.29, 0.717) is 30.2 Å². The van der Waals surface area contributed by atoms with Gasteiger partial charge in [0, 0.05) is 36.3 Å². The lowest BCUT2D eigenvalue weighted by atomic mass is 10.1. The molecular weight excluding hydrogens is 389 g/mol. The molecule has 0 aliphatic carbocycles. The molecule has 0 aromatic heterocycles. The van der Waals surface area contributed by atoms with E-state index in [9.17, 15) is 9.90 Å². The van der Waals surface area contributed by atoms with Gasteiger partial charge < -0.3 is 15.7 Å². The maximum absolute atomic E-state index is 12.4. The first-order valence-electron chi connectivity index (χ1n) is 6.26. The Morgan fingerprint density at radius 2 is 2.00 bits per heavy atom. The summed E-state index contributed by atoms with van der Waals surface area (Å²) in [6, 6.07) is 5.03. The number of carbonyl (C=O) groups excluding carboxylic acids is 1. The monoisotopic (exact) mass is 405 g/mol. The van der Waals surface area contributed by atoms with E-state index in [1.54, 1.807) is 23.1 Å². The lowest BCUT2D eigenvalue weighted by Crippen LogP contribution is -2.50. The molecule has 1 aromatic carbocycles. The van der Waals surface area contributed by atoms with Crippen molar-refractivity contribution >= 4 is 45.7 Å². The first-order valence-corrected chi connectivity index (χ1v) is 7.74. The summed E-state index contributed by atoms with van der Waals surface area (Å²) in [5, 5.41) is 9.81. The van der Waals surface area contributed by atoms with Crippen LogP contribution in [-0.2, 0) is 0 Å². The fourth-order valence-corrected chi connectivity index (χ4v) is 2.85. The van der Waals surface area contributed by atoms with E-state index < -0.39 is 0 Å². The summed E-state index contributed by atoms with van der Waals surface area (Å²) in [4.78, 5) is 16.7. The van der Waals surface area contributed by atoms with Crippen molar-refractivity contribution in [2.24, 2.45) is 5.73 Å². The van der Waals surface area contributed by atoms with Crippen molar-refractivity contribution in [2.45, 2.75) is 0 Å². The van der Waals surface area contributed by atoms with Crippen LogP contribution in [0.3, 0.4) is 0 Å². The van der Waals surface area contributed by atoms with Crippen LogP contribution < -0.4 is 5.73 Å². The van der Waals surface area contributed by atoms with Gasteiger partial charge in [0.25, 0.3) is 5.91 Å². The predicted molar refractivity (Wildman–Crippen MR) is 90.0 cm³/mol. The number of halogens is 1. The number of phenolic OH excluding ortho intramolecular Hbond substituents is 1. The Bertz CT molecular complexity index is 530. The van der Waals surface area contributed by atoms with Crippen molar-refractivity contribution in [1.82, 2.24) is 9.80 Å². The van der Waals surface area contributed by atoms with Crippen LogP contribution in [0.25, 0.3) is 0 Å². The van der Waals surface area contributed by atoms with Crippen LogP contribution in [-0.4, -0.2) is 58.5 Å². The summed E-state index contributed by atoms with van der Waals surface area (Å²) in [6.45, 7) is 3.31. The molecule has 1 amide bonds. The Balaban J connectivity index is 2.01. The van der Waals surface area contributed by atoms with Crippen LogP contribution in [0.4, 0.5) is 0 Å². The number of hydrogen-bond acceptors (Lipinski definition) is 4. The second-order valence-electron chi connectivity index (χ2n) is 4.70. The lowest BCUT2D eigenvalue weighted by Gasteiger charge is -2.34. The van der Waals surface area contributed by atoms with E-state index >= 15 is 0 Å². The van der Waals surface area contributed by atoms with Crippen molar-refractivity contribution in [1.29, 1.82) is 0 Å². The summed E-state index contributed by atoms with van der Waals surface area (Å²) in [5.74, 6) is -0.100. The molecule has 1 aliphatic rings. The molecule has 2 rings (SSSR count). The van der Waals surface area contributed by atoms with Crippen molar-refractivity contribution in [3.63, 3.8) is 0 Å². The number of hydrogen-bond donors (Lipinski definition) is 2. The Labute approximate surface area is 136 Å². The Morgan fingerprint density at radius 1 is 1.35 bits per heavy atom. The molecule has 108 valence electrons. The fourth-order valence-electron chi connectivity index (χ4n) is 2.18. The minimum absolute atomic E-state index is 0.0287. The molecule has 1 saturated heterocycles. The zero-order valence-electron chi connectivity index (χ0n) is 10.9. The third-order valence-corrected chi connectivity index (χ3v) is 4.03. The van der Waals surface area contributed by atoms with Crippen molar-refractivity contribution in [3.8, 4) is 5.75 Å². The minimum atomic E-state index is -0.129. The number of nitrogens with two attached hydrogens (primary N) is 1. The summed E-state index contributed by atoms with van der Waals surface area (Å²) < 4.78 is 0.927. The SMILES string of the molecule is NC(=S)CN1CCN(C(=O)c2cc(I)ccc2O)CC1. The molecule has 1 aliphatic heterocycles. The molecule has 0 atom stereocenters. The summed E-state index contributed by atoms with van der Waals surface area (Å²) in [6.07, 6.45) is 0. The first-order chi connectivity index (χ1) is 9.47.